The van der Waals surface area contributed by atoms with Crippen molar-refractivity contribution in [1.82, 2.24) is 20.4 Å². The van der Waals surface area contributed by atoms with Gasteiger partial charge in [0.1, 0.15) is 6.61 Å². The largest absolute Gasteiger partial charge is 0.465 e. The zero-order valence-corrected chi connectivity index (χ0v) is 34.9. The molecule has 6 amide bonds. The van der Waals surface area contributed by atoms with Crippen molar-refractivity contribution >= 4 is 76.3 Å². The van der Waals surface area contributed by atoms with E-state index in [1.807, 2.05) is 26.2 Å². The molecule has 3 aliphatic rings. The summed E-state index contributed by atoms with van der Waals surface area (Å²) in [5.74, 6) is -1.49. The molecule has 58 heavy (non-hydrogen) atoms. The number of carbonyl (C=O) groups excluding carboxylic acids is 7. The molecule has 2 aliphatic heterocycles. The summed E-state index contributed by atoms with van der Waals surface area (Å²) in [6.07, 6.45) is 3.12. The lowest BCUT2D eigenvalue weighted by molar-refractivity contribution is -0.141. The highest BCUT2D eigenvalue weighted by Crippen LogP contribution is 2.51. The van der Waals surface area contributed by atoms with E-state index in [0.717, 1.165) is 58.0 Å². The van der Waals surface area contributed by atoms with Crippen molar-refractivity contribution < 1.29 is 38.3 Å². The van der Waals surface area contributed by atoms with Gasteiger partial charge >= 0.3 is 5.97 Å². The third kappa shape index (κ3) is 10.9. The number of fused-ring (bicyclic) bond motifs is 3. The summed E-state index contributed by atoms with van der Waals surface area (Å²) in [6, 6.07) is 10.7. The summed E-state index contributed by atoms with van der Waals surface area (Å²) >= 11 is 2.88. The van der Waals surface area contributed by atoms with E-state index in [9.17, 15) is 33.6 Å². The molecule has 16 heteroatoms. The molecular weight excluding hydrogens is 781 g/mol. The molecule has 2 aromatic rings. The summed E-state index contributed by atoms with van der Waals surface area (Å²) in [5, 5.41) is 10.9. The number of anilines is 2. The van der Waals surface area contributed by atoms with Crippen LogP contribution in [-0.2, 0) is 38.3 Å². The Morgan fingerprint density at radius 1 is 0.707 bits per heavy atom. The van der Waals surface area contributed by atoms with Crippen LogP contribution < -0.4 is 21.3 Å². The number of carbonyl (C=O) groups is 7. The predicted octanol–water partition coefficient (Wildman–Crippen LogP) is 4.77. The first-order chi connectivity index (χ1) is 27.8. The molecule has 310 valence electrons. The zero-order chi connectivity index (χ0) is 41.9. The Labute approximate surface area is 347 Å². The molecule has 4 N–H and O–H groups in total. The van der Waals surface area contributed by atoms with Crippen LogP contribution in [0.15, 0.2) is 61.0 Å². The van der Waals surface area contributed by atoms with Crippen molar-refractivity contribution in [2.45, 2.75) is 74.7 Å². The smallest absolute Gasteiger partial charge is 0.302 e. The standard InChI is InChI=1S/C42H52N6O8S2/c1-25(43-4)10-8-20-57-33-22-37(52)47(41(33)54)18-16-35(50)45-31-14-6-12-28-30(24-56-27(3)49)29-13-7-15-32(40(29)39(28)31)46-36(51)17-19-48-38(53)23-34(42(48)55)58-21-9-11-26(2)44-5/h6-7,12-15,30,33-34,43-44H,1-2,8-11,16-24H2,3-5H3,(H,45,50)(H,46,51). The van der Waals surface area contributed by atoms with Crippen LogP contribution in [0.25, 0.3) is 11.1 Å². The number of ether oxygens (including phenoxy) is 1. The van der Waals surface area contributed by atoms with Crippen molar-refractivity contribution in [1.29, 1.82) is 0 Å². The van der Waals surface area contributed by atoms with Crippen molar-refractivity contribution in [3.8, 4) is 11.1 Å². The lowest BCUT2D eigenvalue weighted by atomic mass is 9.97. The first-order valence-electron chi connectivity index (χ1n) is 19.4. The number of amides is 6. The van der Waals surface area contributed by atoms with Crippen LogP contribution in [0.1, 0.15) is 75.3 Å². The third-order valence-corrected chi connectivity index (χ3v) is 12.9. The molecule has 2 saturated heterocycles. The Kier molecular flexibility index (Phi) is 15.6. The fraction of sp³-hybridized carbons (Fsp3) is 0.452. The lowest BCUT2D eigenvalue weighted by Gasteiger charge is -2.17. The van der Waals surface area contributed by atoms with E-state index >= 15 is 0 Å². The highest BCUT2D eigenvalue weighted by Gasteiger charge is 2.40. The van der Waals surface area contributed by atoms with Crippen molar-refractivity contribution in [2.24, 2.45) is 0 Å². The summed E-state index contributed by atoms with van der Waals surface area (Å²) in [7, 11) is 3.62. The number of benzene rings is 2. The molecule has 0 spiro atoms. The van der Waals surface area contributed by atoms with Gasteiger partial charge in [-0.15, -0.1) is 23.5 Å². The average Bonchev–Trinajstić information content (AvgIpc) is 3.78. The van der Waals surface area contributed by atoms with E-state index in [0.29, 0.717) is 34.0 Å². The molecular formula is C42H52N6O8S2. The van der Waals surface area contributed by atoms with Crippen molar-refractivity contribution in [3.05, 3.63) is 72.1 Å². The Morgan fingerprint density at radius 3 is 1.53 bits per heavy atom. The van der Waals surface area contributed by atoms with E-state index < -0.39 is 34.2 Å². The maximum absolute atomic E-state index is 13.5. The molecule has 1 aliphatic carbocycles. The predicted molar refractivity (Wildman–Crippen MR) is 227 cm³/mol. The molecule has 2 unspecified atom stereocenters. The molecule has 2 aromatic carbocycles. The van der Waals surface area contributed by atoms with E-state index in [-0.39, 0.29) is 69.0 Å². The van der Waals surface area contributed by atoms with Crippen LogP contribution in [-0.4, -0.2) is 107 Å². The van der Waals surface area contributed by atoms with Crippen LogP contribution in [0, 0.1) is 0 Å². The molecule has 0 saturated carbocycles. The minimum atomic E-state index is -0.480. The van der Waals surface area contributed by atoms with Gasteiger partial charge in [-0.3, -0.25) is 43.4 Å². The minimum absolute atomic E-state index is 0.0232. The van der Waals surface area contributed by atoms with Gasteiger partial charge in [-0.05, 0) is 60.4 Å². The SMILES string of the molecule is C=C(CCCSC1CC(=O)N(CCC(=O)Nc2cccc3c2-c2c(NC(=O)CCN4C(=O)CC(SCCCC(=C)NC)C4=O)cccc2C3COC(C)=O)C1=O)NC. The molecule has 5 rings (SSSR count). The minimum Gasteiger partial charge on any atom is -0.465 e. The van der Waals surface area contributed by atoms with Crippen molar-refractivity contribution in [2.75, 3.05) is 55.9 Å². The number of nitrogens with one attached hydrogen (secondary N) is 4. The number of allylic oxidation sites excluding steroid dienone is 2. The van der Waals surface area contributed by atoms with E-state index in [4.69, 9.17) is 4.74 Å². The fourth-order valence-electron chi connectivity index (χ4n) is 7.20. The molecule has 2 fully saturated rings. The van der Waals surface area contributed by atoms with Gasteiger partial charge in [-0.1, -0.05) is 37.4 Å². The molecule has 0 aromatic heterocycles. The van der Waals surface area contributed by atoms with Gasteiger partial charge in [-0.25, -0.2) is 0 Å². The molecule has 2 heterocycles. The number of thioether (sulfide) groups is 2. The Balaban J connectivity index is 1.25. The highest BCUT2D eigenvalue weighted by molar-refractivity contribution is 8.00. The number of rotatable bonds is 22. The maximum atomic E-state index is 13.5. The molecule has 14 nitrogen and oxygen atoms in total. The van der Waals surface area contributed by atoms with Gasteiger partial charge in [0.15, 0.2) is 0 Å². The highest BCUT2D eigenvalue weighted by atomic mass is 32.2. The van der Waals surface area contributed by atoms with Gasteiger partial charge in [0.2, 0.25) is 35.4 Å². The van der Waals surface area contributed by atoms with E-state index in [1.54, 1.807) is 24.3 Å². The van der Waals surface area contributed by atoms with Crippen LogP contribution >= 0.6 is 23.5 Å². The summed E-state index contributed by atoms with van der Waals surface area (Å²) in [6.45, 7) is 9.04. The summed E-state index contributed by atoms with van der Waals surface area (Å²) < 4.78 is 5.45. The van der Waals surface area contributed by atoms with Gasteiger partial charge in [0, 0.05) is 99.6 Å². The quantitative estimate of drug-likeness (QED) is 0.0726. The maximum Gasteiger partial charge on any atom is 0.302 e. The first-order valence-corrected chi connectivity index (χ1v) is 21.5. The Hall–Kier alpha value is -5.09. The first kappa shape index (κ1) is 44.0. The molecule has 2 atom stereocenters. The van der Waals surface area contributed by atoms with Crippen molar-refractivity contribution in [3.63, 3.8) is 0 Å². The van der Waals surface area contributed by atoms with Crippen LogP contribution in [0.3, 0.4) is 0 Å². The molecule has 0 bridgehead atoms. The number of hydrogen-bond donors (Lipinski definition) is 4. The molecule has 0 radical (unpaired) electrons. The normalized spacial score (nSPS) is 18.2. The van der Waals surface area contributed by atoms with Crippen LogP contribution in [0.2, 0.25) is 0 Å². The second-order valence-electron chi connectivity index (χ2n) is 14.3. The second kappa shape index (κ2) is 20.6. The van der Waals surface area contributed by atoms with E-state index in [2.05, 4.69) is 34.4 Å². The fourth-order valence-corrected chi connectivity index (χ4v) is 9.45. The van der Waals surface area contributed by atoms with Crippen LogP contribution in [0.4, 0.5) is 11.4 Å². The number of likely N-dealkylation sites (tertiary alicyclic amines) is 2. The van der Waals surface area contributed by atoms with Gasteiger partial charge in [-0.2, -0.15) is 0 Å². The van der Waals surface area contributed by atoms with Gasteiger partial charge in [0.25, 0.3) is 0 Å². The van der Waals surface area contributed by atoms with Gasteiger partial charge < -0.3 is 26.0 Å². The number of nitrogens with zero attached hydrogens (tertiary/aromatic N) is 2. The topological polar surface area (TPSA) is 183 Å². The Morgan fingerprint density at radius 2 is 1.14 bits per heavy atom. The van der Waals surface area contributed by atoms with Crippen LogP contribution in [0.5, 0.6) is 0 Å². The summed E-state index contributed by atoms with van der Waals surface area (Å²) in [5.41, 5.74) is 5.50. The monoisotopic (exact) mass is 832 g/mol. The zero-order valence-electron chi connectivity index (χ0n) is 33.3. The number of hydrogen-bond acceptors (Lipinski definition) is 12. The lowest BCUT2D eigenvalue weighted by Crippen LogP contribution is -2.34. The average molecular weight is 833 g/mol. The van der Waals surface area contributed by atoms with Gasteiger partial charge in [0.05, 0.1) is 10.5 Å². The third-order valence-electron chi connectivity index (χ3n) is 10.3. The number of imide groups is 2. The van der Waals surface area contributed by atoms with E-state index in [1.165, 1.54) is 30.4 Å². The number of esters is 1. The summed E-state index contributed by atoms with van der Waals surface area (Å²) in [4.78, 5) is 92.9. The second-order valence-corrected chi connectivity index (χ2v) is 16.9. The Bertz CT molecular complexity index is 1840.